The van der Waals surface area contributed by atoms with Gasteiger partial charge in [-0.05, 0) is 38.1 Å². The Bertz CT molecular complexity index is 996. The summed E-state index contributed by atoms with van der Waals surface area (Å²) in [6.07, 6.45) is -0.565. The van der Waals surface area contributed by atoms with Crippen molar-refractivity contribution in [3.63, 3.8) is 0 Å². The van der Waals surface area contributed by atoms with Crippen molar-refractivity contribution in [2.24, 2.45) is 0 Å². The molecule has 0 radical (unpaired) electrons. The van der Waals surface area contributed by atoms with Gasteiger partial charge >= 0.3 is 19.5 Å². The van der Waals surface area contributed by atoms with E-state index in [0.29, 0.717) is 59.7 Å². The molecule has 8 nitrogen and oxygen atoms in total. The number of rotatable bonds is 6. The minimum atomic E-state index is -0.283. The summed E-state index contributed by atoms with van der Waals surface area (Å²) in [5.74, 6) is 1.12. The van der Waals surface area contributed by atoms with E-state index in [9.17, 15) is 10.2 Å². The van der Waals surface area contributed by atoms with Crippen molar-refractivity contribution >= 4 is 58.3 Å². The number of nitrogens with zero attached hydrogens (tertiary/aromatic N) is 2. The zero-order chi connectivity index (χ0) is 26.2. The van der Waals surface area contributed by atoms with Crippen molar-refractivity contribution in [1.29, 1.82) is 0 Å². The van der Waals surface area contributed by atoms with E-state index in [1.54, 1.807) is 36.4 Å². The Balaban J connectivity index is 0.000000253. The van der Waals surface area contributed by atoms with Crippen LogP contribution in [0.5, 0.6) is 23.0 Å². The molecule has 0 bridgehead atoms. The predicted octanol–water partition coefficient (Wildman–Crippen LogP) is 3.90. The van der Waals surface area contributed by atoms with Gasteiger partial charge in [0.1, 0.15) is 0 Å². The number of benzene rings is 2. The molecule has 37 heavy (non-hydrogen) atoms. The van der Waals surface area contributed by atoms with Gasteiger partial charge in [0, 0.05) is 24.2 Å². The third-order valence-corrected chi connectivity index (χ3v) is 6.33. The molecule has 2 heterocycles. The number of ether oxygens (including phenoxy) is 4. The number of aromatic hydroxyl groups is 2. The van der Waals surface area contributed by atoms with Crippen LogP contribution in [0.2, 0.25) is 0 Å². The minimum absolute atomic E-state index is 0. The molecule has 0 aromatic heterocycles. The SMILES string of the molecule is CCOc1cc(C2OCCN2C(=S)[S-])ccc1O.CCOc1cc(C2OCCN2C(=S)[S-])ccc1O.[Zn+2]. The fourth-order valence-corrected chi connectivity index (χ4v) is 4.53. The quantitative estimate of drug-likeness (QED) is 0.275. The summed E-state index contributed by atoms with van der Waals surface area (Å²) in [7, 11) is 0. The zero-order valence-electron chi connectivity index (χ0n) is 20.6. The molecular weight excluding hydrogens is 606 g/mol. The van der Waals surface area contributed by atoms with Crippen LogP contribution >= 0.6 is 24.4 Å². The normalized spacial score (nSPS) is 18.4. The van der Waals surface area contributed by atoms with Gasteiger partial charge in [0.15, 0.2) is 35.5 Å². The Kier molecular flexibility index (Phi) is 12.9. The molecule has 2 aliphatic heterocycles. The Morgan fingerprint density at radius 1 is 0.838 bits per heavy atom. The number of phenols is 2. The van der Waals surface area contributed by atoms with Crippen molar-refractivity contribution in [3.05, 3.63) is 47.5 Å². The van der Waals surface area contributed by atoms with Crippen LogP contribution in [0.4, 0.5) is 0 Å². The first-order chi connectivity index (χ1) is 17.3. The summed E-state index contributed by atoms with van der Waals surface area (Å²) in [6, 6.07) is 10.3. The van der Waals surface area contributed by atoms with Crippen LogP contribution in [0.25, 0.3) is 0 Å². The van der Waals surface area contributed by atoms with Crippen molar-refractivity contribution in [2.75, 3.05) is 39.5 Å². The molecular formula is C24H28N2O6S4Zn. The first-order valence-corrected chi connectivity index (χ1v) is 13.0. The second-order valence-corrected chi connectivity index (χ2v) is 9.75. The van der Waals surface area contributed by atoms with Crippen LogP contribution in [-0.4, -0.2) is 68.2 Å². The van der Waals surface area contributed by atoms with Gasteiger partial charge in [-0.15, -0.1) is 0 Å². The van der Waals surface area contributed by atoms with E-state index >= 15 is 0 Å². The Morgan fingerprint density at radius 3 is 1.54 bits per heavy atom. The number of hydrogen-bond donors (Lipinski definition) is 2. The largest absolute Gasteiger partial charge is 2.00 e. The van der Waals surface area contributed by atoms with Gasteiger partial charge in [-0.2, -0.15) is 0 Å². The van der Waals surface area contributed by atoms with Gasteiger partial charge < -0.3 is 88.7 Å². The van der Waals surface area contributed by atoms with Crippen LogP contribution in [0.1, 0.15) is 37.4 Å². The number of phenolic OH excluding ortho intramolecular Hbond substituents is 2. The summed E-state index contributed by atoms with van der Waals surface area (Å²) in [6.45, 7) is 7.28. The molecule has 2 aliphatic rings. The van der Waals surface area contributed by atoms with Crippen LogP contribution in [-0.2, 0) is 54.2 Å². The minimum Gasteiger partial charge on any atom is -0.504 e. The van der Waals surface area contributed by atoms with Crippen LogP contribution in [0, 0.1) is 0 Å². The summed E-state index contributed by atoms with van der Waals surface area (Å²) in [5, 5.41) is 19.3. The third kappa shape index (κ3) is 8.19. The Hall–Kier alpha value is -1.60. The third-order valence-electron chi connectivity index (χ3n) is 5.39. The van der Waals surface area contributed by atoms with Crippen molar-refractivity contribution in [2.45, 2.75) is 26.3 Å². The smallest absolute Gasteiger partial charge is 0.504 e. The molecule has 0 spiro atoms. The summed E-state index contributed by atoms with van der Waals surface area (Å²) in [5.41, 5.74) is 1.75. The van der Waals surface area contributed by atoms with Crippen molar-refractivity contribution in [3.8, 4) is 23.0 Å². The molecule has 0 saturated carbocycles. The molecule has 2 fully saturated rings. The maximum Gasteiger partial charge on any atom is 2.00 e. The molecule has 2 aromatic carbocycles. The molecule has 2 saturated heterocycles. The monoisotopic (exact) mass is 632 g/mol. The summed E-state index contributed by atoms with van der Waals surface area (Å²) in [4.78, 5) is 3.68. The van der Waals surface area contributed by atoms with Gasteiger partial charge in [0.05, 0.1) is 26.4 Å². The Morgan fingerprint density at radius 2 is 1.22 bits per heavy atom. The molecule has 196 valence electrons. The van der Waals surface area contributed by atoms with E-state index in [-0.39, 0.29) is 43.4 Å². The van der Waals surface area contributed by atoms with Crippen LogP contribution < -0.4 is 9.47 Å². The molecule has 13 heteroatoms. The molecule has 2 atom stereocenters. The van der Waals surface area contributed by atoms with E-state index in [4.69, 9.17) is 68.6 Å². The van der Waals surface area contributed by atoms with Crippen molar-refractivity contribution in [1.82, 2.24) is 9.80 Å². The number of thiocarbonyl (C=S) groups is 2. The van der Waals surface area contributed by atoms with Gasteiger partial charge in [-0.1, -0.05) is 20.8 Å². The van der Waals surface area contributed by atoms with E-state index < -0.39 is 0 Å². The first-order valence-electron chi connectivity index (χ1n) is 11.4. The maximum atomic E-state index is 9.66. The fraction of sp³-hybridized carbons (Fsp3) is 0.417. The van der Waals surface area contributed by atoms with E-state index in [1.165, 1.54) is 0 Å². The standard InChI is InChI=1S/2C12H15NO3S2.Zn/c2*1-2-15-10-7-8(3-4-9(10)14)11-13(12(17)18)5-6-16-11;/h2*3-4,7,11,14H,2,5-6H2,1H3,(H,17,18);/q;;+2/p-2. The van der Waals surface area contributed by atoms with Gasteiger partial charge in [-0.3, -0.25) is 0 Å². The first kappa shape index (κ1) is 31.6. The second-order valence-electron chi connectivity index (χ2n) is 7.69. The predicted molar refractivity (Wildman–Crippen MR) is 149 cm³/mol. The topological polar surface area (TPSA) is 83.9 Å². The average molecular weight is 634 g/mol. The van der Waals surface area contributed by atoms with Crippen LogP contribution in [0.3, 0.4) is 0 Å². The second kappa shape index (κ2) is 15.1. The maximum absolute atomic E-state index is 9.66. The molecule has 2 N–H and O–H groups in total. The zero-order valence-corrected chi connectivity index (χ0v) is 26.9. The molecule has 4 rings (SSSR count). The van der Waals surface area contributed by atoms with Crippen LogP contribution in [0.15, 0.2) is 36.4 Å². The van der Waals surface area contributed by atoms with Gasteiger partial charge in [-0.25, -0.2) is 0 Å². The average Bonchev–Trinajstić information content (AvgIpc) is 3.53. The van der Waals surface area contributed by atoms with Gasteiger partial charge in [0.2, 0.25) is 0 Å². The molecule has 0 amide bonds. The molecule has 2 aromatic rings. The van der Waals surface area contributed by atoms with Crippen molar-refractivity contribution < 1.29 is 48.6 Å². The fourth-order valence-electron chi connectivity index (χ4n) is 3.78. The Labute approximate surface area is 251 Å². The summed E-state index contributed by atoms with van der Waals surface area (Å²) >= 11 is 20.1. The van der Waals surface area contributed by atoms with E-state index in [2.05, 4.69) is 0 Å². The summed E-state index contributed by atoms with van der Waals surface area (Å²) < 4.78 is 22.7. The van der Waals surface area contributed by atoms with E-state index in [1.807, 2.05) is 23.6 Å². The van der Waals surface area contributed by atoms with E-state index in [0.717, 1.165) is 11.1 Å². The molecule has 2 unspecified atom stereocenters. The van der Waals surface area contributed by atoms with Gasteiger partial charge in [0.25, 0.3) is 0 Å². The molecule has 0 aliphatic carbocycles. The number of hydrogen-bond acceptors (Lipinski definition) is 10.